The first-order chi connectivity index (χ1) is 11.8. The van der Waals surface area contributed by atoms with Gasteiger partial charge in [-0.1, -0.05) is 12.8 Å². The standard InChI is InChI=1S/C17H25N3O5/c1-10-12(14(22)23)6-5-9-19(10)13(21)11(2)20-15(24)17(18-16(20)25)7-3-4-8-17/h10-12H,3-9H2,1-2H3,(H,18,25)(H,22,23)/t10-,11?,12-/m0/s1. The molecule has 0 radical (unpaired) electrons. The lowest BCUT2D eigenvalue weighted by Gasteiger charge is -2.39. The largest absolute Gasteiger partial charge is 0.481 e. The van der Waals surface area contributed by atoms with Crippen molar-refractivity contribution >= 4 is 23.8 Å². The van der Waals surface area contributed by atoms with E-state index >= 15 is 0 Å². The molecule has 1 unspecified atom stereocenters. The molecule has 0 aromatic rings. The first-order valence-corrected chi connectivity index (χ1v) is 8.97. The fraction of sp³-hybridized carbons (Fsp3) is 0.765. The molecule has 2 heterocycles. The average molecular weight is 351 g/mol. The van der Waals surface area contributed by atoms with E-state index in [-0.39, 0.29) is 11.8 Å². The first kappa shape index (κ1) is 17.7. The molecule has 2 aliphatic heterocycles. The van der Waals surface area contributed by atoms with Crippen molar-refractivity contribution in [3.8, 4) is 0 Å². The number of likely N-dealkylation sites (tertiary alicyclic amines) is 1. The summed E-state index contributed by atoms with van der Waals surface area (Å²) in [4.78, 5) is 52.0. The van der Waals surface area contributed by atoms with Crippen LogP contribution in [0, 0.1) is 5.92 Å². The molecule has 4 amide bonds. The van der Waals surface area contributed by atoms with Crippen LogP contribution in [0.25, 0.3) is 0 Å². The normalized spacial score (nSPS) is 29.8. The lowest BCUT2D eigenvalue weighted by molar-refractivity contribution is -0.152. The van der Waals surface area contributed by atoms with Gasteiger partial charge < -0.3 is 15.3 Å². The summed E-state index contributed by atoms with van der Waals surface area (Å²) >= 11 is 0. The second-order valence-corrected chi connectivity index (χ2v) is 7.43. The molecule has 2 N–H and O–H groups in total. The van der Waals surface area contributed by atoms with Crippen LogP contribution in [0.15, 0.2) is 0 Å². The van der Waals surface area contributed by atoms with Gasteiger partial charge in [0.1, 0.15) is 11.6 Å². The highest BCUT2D eigenvalue weighted by atomic mass is 16.4. The third kappa shape index (κ3) is 2.77. The van der Waals surface area contributed by atoms with E-state index < -0.39 is 35.5 Å². The zero-order chi connectivity index (χ0) is 18.4. The van der Waals surface area contributed by atoms with Crippen LogP contribution in [0.1, 0.15) is 52.4 Å². The molecule has 2 saturated heterocycles. The molecule has 3 atom stereocenters. The Kier molecular flexibility index (Phi) is 4.47. The van der Waals surface area contributed by atoms with Gasteiger partial charge in [0.15, 0.2) is 0 Å². The Balaban J connectivity index is 1.77. The molecular formula is C17H25N3O5. The number of nitrogens with one attached hydrogen (secondary N) is 1. The van der Waals surface area contributed by atoms with Crippen LogP contribution >= 0.6 is 0 Å². The van der Waals surface area contributed by atoms with Gasteiger partial charge in [-0.05, 0) is 39.5 Å². The van der Waals surface area contributed by atoms with Crippen LogP contribution < -0.4 is 5.32 Å². The predicted molar refractivity (Wildman–Crippen MR) is 87.6 cm³/mol. The summed E-state index contributed by atoms with van der Waals surface area (Å²) in [6.45, 7) is 3.71. The number of imide groups is 1. The molecule has 8 heteroatoms. The average Bonchev–Trinajstić information content (AvgIpc) is 3.12. The summed E-state index contributed by atoms with van der Waals surface area (Å²) in [5, 5.41) is 12.1. The Hall–Kier alpha value is -2.12. The van der Waals surface area contributed by atoms with Crippen molar-refractivity contribution in [1.82, 2.24) is 15.1 Å². The van der Waals surface area contributed by atoms with Gasteiger partial charge in [0, 0.05) is 12.6 Å². The second-order valence-electron chi connectivity index (χ2n) is 7.43. The molecule has 3 fully saturated rings. The van der Waals surface area contributed by atoms with E-state index in [2.05, 4.69) is 5.32 Å². The van der Waals surface area contributed by atoms with Crippen molar-refractivity contribution in [3.63, 3.8) is 0 Å². The molecule has 138 valence electrons. The van der Waals surface area contributed by atoms with E-state index in [9.17, 15) is 24.3 Å². The Labute approximate surface area is 146 Å². The van der Waals surface area contributed by atoms with Crippen molar-refractivity contribution in [2.45, 2.75) is 70.0 Å². The molecule has 0 aromatic heterocycles. The predicted octanol–water partition coefficient (Wildman–Crippen LogP) is 0.951. The van der Waals surface area contributed by atoms with Crippen LogP contribution in [0.5, 0.6) is 0 Å². The summed E-state index contributed by atoms with van der Waals surface area (Å²) in [5.74, 6) is -2.22. The topological polar surface area (TPSA) is 107 Å². The molecule has 3 rings (SSSR count). The molecule has 1 aliphatic carbocycles. The number of carboxylic acid groups (broad SMARTS) is 1. The van der Waals surface area contributed by atoms with Crippen molar-refractivity contribution < 1.29 is 24.3 Å². The van der Waals surface area contributed by atoms with Crippen molar-refractivity contribution in [2.24, 2.45) is 5.92 Å². The quantitative estimate of drug-likeness (QED) is 0.736. The summed E-state index contributed by atoms with van der Waals surface area (Å²) < 4.78 is 0. The lowest BCUT2D eigenvalue weighted by atomic mass is 9.89. The molecule has 8 nitrogen and oxygen atoms in total. The van der Waals surface area contributed by atoms with Crippen molar-refractivity contribution in [2.75, 3.05) is 6.54 Å². The van der Waals surface area contributed by atoms with Crippen LogP contribution in [0.3, 0.4) is 0 Å². The number of nitrogens with zero attached hydrogens (tertiary/aromatic N) is 2. The molecule has 0 aromatic carbocycles. The van der Waals surface area contributed by atoms with Gasteiger partial charge in [0.2, 0.25) is 5.91 Å². The Morgan fingerprint density at radius 3 is 2.48 bits per heavy atom. The fourth-order valence-corrected chi connectivity index (χ4v) is 4.45. The van der Waals surface area contributed by atoms with Gasteiger partial charge in [0.25, 0.3) is 5.91 Å². The number of piperidine rings is 1. The number of aliphatic carboxylic acids is 1. The Morgan fingerprint density at radius 1 is 1.24 bits per heavy atom. The van der Waals surface area contributed by atoms with E-state index in [0.717, 1.165) is 17.7 Å². The lowest BCUT2D eigenvalue weighted by Crippen LogP contribution is -2.56. The van der Waals surface area contributed by atoms with Gasteiger partial charge in [-0.2, -0.15) is 0 Å². The van der Waals surface area contributed by atoms with Crippen LogP contribution in [0.4, 0.5) is 4.79 Å². The molecule has 3 aliphatic rings. The van der Waals surface area contributed by atoms with E-state index in [1.165, 1.54) is 4.90 Å². The third-order valence-electron chi connectivity index (χ3n) is 5.98. The third-order valence-corrected chi connectivity index (χ3v) is 5.98. The van der Waals surface area contributed by atoms with E-state index in [4.69, 9.17) is 0 Å². The van der Waals surface area contributed by atoms with Crippen LogP contribution in [-0.4, -0.2) is 62.9 Å². The number of hydrogen-bond donors (Lipinski definition) is 2. The van der Waals surface area contributed by atoms with E-state index in [0.29, 0.717) is 32.2 Å². The minimum absolute atomic E-state index is 0.324. The summed E-state index contributed by atoms with van der Waals surface area (Å²) in [5.41, 5.74) is -0.845. The minimum Gasteiger partial charge on any atom is -0.481 e. The second kappa shape index (κ2) is 6.31. The Bertz CT molecular complexity index is 613. The molecule has 1 saturated carbocycles. The van der Waals surface area contributed by atoms with E-state index in [1.54, 1.807) is 13.8 Å². The van der Waals surface area contributed by atoms with Gasteiger partial charge >= 0.3 is 12.0 Å². The SMILES string of the molecule is CC(C(=O)N1CCC[C@H](C(=O)O)[C@@H]1C)N1C(=O)NC2(CCCC2)C1=O. The van der Waals surface area contributed by atoms with E-state index in [1.807, 2.05) is 0 Å². The highest BCUT2D eigenvalue weighted by molar-refractivity contribution is 6.10. The zero-order valence-electron chi connectivity index (χ0n) is 14.7. The highest BCUT2D eigenvalue weighted by Gasteiger charge is 2.55. The molecule has 0 bridgehead atoms. The highest BCUT2D eigenvalue weighted by Crippen LogP contribution is 2.36. The molecule has 25 heavy (non-hydrogen) atoms. The maximum absolute atomic E-state index is 12.9. The molecular weight excluding hydrogens is 326 g/mol. The van der Waals surface area contributed by atoms with Gasteiger partial charge in [0.05, 0.1) is 5.92 Å². The van der Waals surface area contributed by atoms with Crippen molar-refractivity contribution in [1.29, 1.82) is 0 Å². The maximum Gasteiger partial charge on any atom is 0.325 e. The maximum atomic E-state index is 12.9. The van der Waals surface area contributed by atoms with Gasteiger partial charge in [-0.3, -0.25) is 14.4 Å². The smallest absolute Gasteiger partial charge is 0.325 e. The number of amides is 4. The van der Waals surface area contributed by atoms with Crippen LogP contribution in [-0.2, 0) is 14.4 Å². The van der Waals surface area contributed by atoms with Gasteiger partial charge in [-0.15, -0.1) is 0 Å². The van der Waals surface area contributed by atoms with Crippen molar-refractivity contribution in [3.05, 3.63) is 0 Å². The van der Waals surface area contributed by atoms with Gasteiger partial charge in [-0.25, -0.2) is 9.69 Å². The first-order valence-electron chi connectivity index (χ1n) is 8.97. The number of hydrogen-bond acceptors (Lipinski definition) is 4. The summed E-state index contributed by atoms with van der Waals surface area (Å²) in [6.07, 6.45) is 4.11. The number of carbonyl (C=O) groups is 4. The zero-order valence-corrected chi connectivity index (χ0v) is 14.7. The fourth-order valence-electron chi connectivity index (χ4n) is 4.45. The monoisotopic (exact) mass is 351 g/mol. The van der Waals surface area contributed by atoms with Crippen LogP contribution in [0.2, 0.25) is 0 Å². The number of carbonyl (C=O) groups excluding carboxylic acids is 3. The number of urea groups is 1. The Morgan fingerprint density at radius 2 is 1.88 bits per heavy atom. The molecule has 1 spiro atoms. The minimum atomic E-state index is -0.928. The summed E-state index contributed by atoms with van der Waals surface area (Å²) in [7, 11) is 0. The number of rotatable bonds is 3. The summed E-state index contributed by atoms with van der Waals surface area (Å²) in [6, 6.07) is -1.91. The number of carboxylic acids is 1.